The quantitative estimate of drug-likeness (QED) is 0.784. The van der Waals surface area contributed by atoms with Gasteiger partial charge in [0, 0.05) is 18.3 Å². The Kier molecular flexibility index (Phi) is 4.77. The van der Waals surface area contributed by atoms with Gasteiger partial charge in [0.05, 0.1) is 16.8 Å². The molecule has 0 radical (unpaired) electrons. The topological polar surface area (TPSA) is 78.4 Å². The van der Waals surface area contributed by atoms with Crippen molar-refractivity contribution in [3.8, 4) is 0 Å². The van der Waals surface area contributed by atoms with Crippen molar-refractivity contribution in [1.29, 1.82) is 0 Å². The van der Waals surface area contributed by atoms with Gasteiger partial charge in [0.25, 0.3) is 0 Å². The smallest absolute Gasteiger partial charge is 0.416 e. The van der Waals surface area contributed by atoms with Crippen molar-refractivity contribution in [2.45, 2.75) is 13.1 Å². The van der Waals surface area contributed by atoms with Gasteiger partial charge in [-0.05, 0) is 36.4 Å². The van der Waals surface area contributed by atoms with E-state index in [1.807, 2.05) is 0 Å². The molecule has 2 rings (SSSR count). The summed E-state index contributed by atoms with van der Waals surface area (Å²) in [7, 11) is 0. The number of halogens is 3. The number of carboxylic acid groups (broad SMARTS) is 1. The summed E-state index contributed by atoms with van der Waals surface area (Å²) in [6.07, 6.45) is -4.50. The van der Waals surface area contributed by atoms with Gasteiger partial charge in [-0.15, -0.1) is 0 Å². The molecule has 2 aromatic carbocycles. The minimum Gasteiger partial charge on any atom is -0.478 e. The van der Waals surface area contributed by atoms with Crippen molar-refractivity contribution in [1.82, 2.24) is 0 Å². The van der Waals surface area contributed by atoms with E-state index < -0.39 is 17.7 Å². The minimum absolute atomic E-state index is 0.0969. The summed E-state index contributed by atoms with van der Waals surface area (Å²) in [6, 6.07) is 8.45. The average Bonchev–Trinajstić information content (AvgIpc) is 2.47. The maximum Gasteiger partial charge on any atom is 0.416 e. The van der Waals surface area contributed by atoms with Crippen LogP contribution in [0.4, 0.5) is 30.2 Å². The van der Waals surface area contributed by atoms with Crippen molar-refractivity contribution in [3.05, 3.63) is 53.6 Å². The first-order valence-electron chi connectivity index (χ1n) is 6.76. The van der Waals surface area contributed by atoms with Crippen LogP contribution in [0, 0.1) is 0 Å². The van der Waals surface area contributed by atoms with E-state index >= 15 is 0 Å². The first kappa shape index (κ1) is 17.3. The molecule has 0 spiro atoms. The van der Waals surface area contributed by atoms with Crippen LogP contribution in [0.3, 0.4) is 0 Å². The largest absolute Gasteiger partial charge is 0.478 e. The van der Waals surface area contributed by atoms with Gasteiger partial charge < -0.3 is 15.7 Å². The second-order valence-electron chi connectivity index (χ2n) is 4.95. The van der Waals surface area contributed by atoms with E-state index in [9.17, 15) is 27.9 Å². The molecule has 0 fully saturated rings. The highest BCUT2D eigenvalue weighted by atomic mass is 19.4. The molecule has 1 amide bonds. The average molecular weight is 338 g/mol. The third-order valence-electron chi connectivity index (χ3n) is 3.04. The van der Waals surface area contributed by atoms with Crippen LogP contribution in [0.15, 0.2) is 42.5 Å². The molecule has 0 saturated carbocycles. The summed E-state index contributed by atoms with van der Waals surface area (Å²) >= 11 is 0. The SMILES string of the molecule is CC(=O)Nc1ccc(Nc2cccc(C(F)(F)F)c2)c(C(=O)O)c1. The Morgan fingerprint density at radius 1 is 1.04 bits per heavy atom. The second kappa shape index (κ2) is 6.61. The third kappa shape index (κ3) is 4.25. The molecule has 8 heteroatoms. The molecule has 3 N–H and O–H groups in total. The van der Waals surface area contributed by atoms with E-state index in [-0.39, 0.29) is 28.5 Å². The number of carbonyl (C=O) groups is 2. The van der Waals surface area contributed by atoms with Crippen LogP contribution in [0.5, 0.6) is 0 Å². The number of amides is 1. The Hall–Kier alpha value is -3.03. The molecule has 24 heavy (non-hydrogen) atoms. The zero-order valence-electron chi connectivity index (χ0n) is 12.4. The Labute approximate surface area is 135 Å². The van der Waals surface area contributed by atoms with E-state index in [1.54, 1.807) is 0 Å². The van der Waals surface area contributed by atoms with E-state index in [4.69, 9.17) is 0 Å². The molecule has 0 saturated heterocycles. The fourth-order valence-electron chi connectivity index (χ4n) is 2.04. The number of anilines is 3. The van der Waals surface area contributed by atoms with Gasteiger partial charge in [-0.2, -0.15) is 13.2 Å². The summed E-state index contributed by atoms with van der Waals surface area (Å²) in [5.41, 5.74) is -0.553. The number of hydrogen-bond acceptors (Lipinski definition) is 3. The lowest BCUT2D eigenvalue weighted by atomic mass is 10.1. The monoisotopic (exact) mass is 338 g/mol. The van der Waals surface area contributed by atoms with Crippen LogP contribution in [0.1, 0.15) is 22.8 Å². The number of carbonyl (C=O) groups excluding carboxylic acids is 1. The zero-order chi connectivity index (χ0) is 17.9. The first-order chi connectivity index (χ1) is 11.2. The predicted molar refractivity (Wildman–Crippen MR) is 82.4 cm³/mol. The van der Waals surface area contributed by atoms with Crippen LogP contribution in [0.2, 0.25) is 0 Å². The van der Waals surface area contributed by atoms with Gasteiger partial charge in [0.15, 0.2) is 0 Å². The number of hydrogen-bond donors (Lipinski definition) is 3. The number of aromatic carboxylic acids is 1. The normalized spacial score (nSPS) is 11.0. The summed E-state index contributed by atoms with van der Waals surface area (Å²) in [5.74, 6) is -1.65. The number of alkyl halides is 3. The van der Waals surface area contributed by atoms with Gasteiger partial charge in [-0.25, -0.2) is 4.79 Å². The molecule has 0 unspecified atom stereocenters. The Balaban J connectivity index is 2.36. The first-order valence-corrected chi connectivity index (χ1v) is 6.76. The second-order valence-corrected chi connectivity index (χ2v) is 4.95. The van der Waals surface area contributed by atoms with E-state index in [0.717, 1.165) is 12.1 Å². The standard InChI is InChI=1S/C16H13F3N2O3/c1-9(22)20-12-5-6-14(13(8-12)15(23)24)21-11-4-2-3-10(7-11)16(17,18)19/h2-8,21H,1H3,(H,20,22)(H,23,24). The Bertz CT molecular complexity index is 788. The van der Waals surface area contributed by atoms with Gasteiger partial charge in [-0.1, -0.05) is 6.07 Å². The highest BCUT2D eigenvalue weighted by Gasteiger charge is 2.30. The van der Waals surface area contributed by atoms with Crippen LogP contribution < -0.4 is 10.6 Å². The predicted octanol–water partition coefficient (Wildman–Crippen LogP) is 4.11. The molecule has 0 bridgehead atoms. The number of benzene rings is 2. The van der Waals surface area contributed by atoms with Crippen molar-refractivity contribution < 1.29 is 27.9 Å². The van der Waals surface area contributed by atoms with Crippen molar-refractivity contribution in [3.63, 3.8) is 0 Å². The molecule has 0 atom stereocenters. The molecular weight excluding hydrogens is 325 g/mol. The molecule has 2 aromatic rings. The van der Waals surface area contributed by atoms with Crippen molar-refractivity contribution >= 4 is 28.9 Å². The summed E-state index contributed by atoms with van der Waals surface area (Å²) in [5, 5.41) is 14.3. The fraction of sp³-hybridized carbons (Fsp3) is 0.125. The minimum atomic E-state index is -4.50. The lowest BCUT2D eigenvalue weighted by Gasteiger charge is -2.13. The van der Waals surface area contributed by atoms with E-state index in [2.05, 4.69) is 10.6 Å². The fourth-order valence-corrected chi connectivity index (χ4v) is 2.04. The highest BCUT2D eigenvalue weighted by Crippen LogP contribution is 2.32. The van der Waals surface area contributed by atoms with Crippen molar-refractivity contribution in [2.24, 2.45) is 0 Å². The van der Waals surface area contributed by atoms with Gasteiger partial charge in [0.2, 0.25) is 5.91 Å². The van der Waals surface area contributed by atoms with E-state index in [1.165, 1.54) is 37.3 Å². The molecule has 0 aliphatic rings. The summed E-state index contributed by atoms with van der Waals surface area (Å²) in [6.45, 7) is 1.27. The van der Waals surface area contributed by atoms with Crippen molar-refractivity contribution in [2.75, 3.05) is 10.6 Å². The van der Waals surface area contributed by atoms with Crippen LogP contribution in [-0.2, 0) is 11.0 Å². The number of rotatable bonds is 4. The summed E-state index contributed by atoms with van der Waals surface area (Å²) < 4.78 is 38.2. The van der Waals surface area contributed by atoms with Gasteiger partial charge in [-0.3, -0.25) is 4.79 Å². The van der Waals surface area contributed by atoms with Crippen LogP contribution in [0.25, 0.3) is 0 Å². The summed E-state index contributed by atoms with van der Waals surface area (Å²) in [4.78, 5) is 22.4. The lowest BCUT2D eigenvalue weighted by molar-refractivity contribution is -0.137. The molecule has 126 valence electrons. The molecule has 0 aliphatic carbocycles. The maximum absolute atomic E-state index is 12.7. The zero-order valence-corrected chi connectivity index (χ0v) is 12.4. The number of carboxylic acids is 1. The Morgan fingerprint density at radius 3 is 2.33 bits per heavy atom. The molecule has 0 aromatic heterocycles. The molecule has 0 aliphatic heterocycles. The van der Waals surface area contributed by atoms with Crippen LogP contribution in [-0.4, -0.2) is 17.0 Å². The number of nitrogens with one attached hydrogen (secondary N) is 2. The maximum atomic E-state index is 12.7. The molecular formula is C16H13F3N2O3. The Morgan fingerprint density at radius 2 is 1.75 bits per heavy atom. The lowest BCUT2D eigenvalue weighted by Crippen LogP contribution is -2.09. The van der Waals surface area contributed by atoms with Gasteiger partial charge in [0.1, 0.15) is 0 Å². The van der Waals surface area contributed by atoms with Gasteiger partial charge >= 0.3 is 12.1 Å². The molecule has 5 nitrogen and oxygen atoms in total. The third-order valence-corrected chi connectivity index (χ3v) is 3.04. The van der Waals surface area contributed by atoms with E-state index in [0.29, 0.717) is 0 Å². The van der Waals surface area contributed by atoms with Crippen LogP contribution >= 0.6 is 0 Å². The highest BCUT2D eigenvalue weighted by molar-refractivity contribution is 5.98. The molecule has 0 heterocycles.